The van der Waals surface area contributed by atoms with Gasteiger partial charge in [0.15, 0.2) is 17.1 Å². The number of nitrogens with one attached hydrogen (secondary N) is 1. The van der Waals surface area contributed by atoms with E-state index >= 15 is 0 Å². The molecule has 1 N–H and O–H groups in total. The van der Waals surface area contributed by atoms with Crippen molar-refractivity contribution >= 4 is 34.2 Å². The number of methoxy groups -OCH3 is 1. The smallest absolute Gasteiger partial charge is 0.291 e. The van der Waals surface area contributed by atoms with Crippen LogP contribution in [0.3, 0.4) is 0 Å². The molecule has 0 atom stereocenters. The number of para-hydroxylation sites is 1. The second kappa shape index (κ2) is 8.23. The number of benzene rings is 3. The Labute approximate surface area is 185 Å². The van der Waals surface area contributed by atoms with Crippen molar-refractivity contribution in [1.29, 1.82) is 0 Å². The minimum Gasteiger partial charge on any atom is -0.493 e. The number of furan rings is 1. The Morgan fingerprint density at radius 3 is 2.69 bits per heavy atom. The molecule has 1 aliphatic rings. The summed E-state index contributed by atoms with van der Waals surface area (Å²) in [5.41, 5.74) is 4.20. The van der Waals surface area contributed by atoms with Gasteiger partial charge < -0.3 is 19.4 Å². The quantitative estimate of drug-likeness (QED) is 0.478. The van der Waals surface area contributed by atoms with E-state index in [1.54, 1.807) is 19.2 Å². The summed E-state index contributed by atoms with van der Waals surface area (Å²) in [5.74, 6) is 0.562. The summed E-state index contributed by atoms with van der Waals surface area (Å²) in [5, 5.41) is 3.71. The van der Waals surface area contributed by atoms with Gasteiger partial charge in [0.05, 0.1) is 13.7 Å². The van der Waals surface area contributed by atoms with Crippen molar-refractivity contribution in [3.05, 3.63) is 89.7 Å². The van der Waals surface area contributed by atoms with Crippen LogP contribution in [0.1, 0.15) is 28.1 Å². The van der Waals surface area contributed by atoms with E-state index < -0.39 is 0 Å². The molecule has 4 aromatic rings. The fourth-order valence-electron chi connectivity index (χ4n) is 4.08. The van der Waals surface area contributed by atoms with Gasteiger partial charge in [-0.05, 0) is 47.9 Å². The molecule has 0 spiro atoms. The molecule has 0 aliphatic carbocycles. The number of ether oxygens (including phenoxy) is 1. The van der Waals surface area contributed by atoms with Crippen molar-refractivity contribution < 1.29 is 18.7 Å². The normalized spacial score (nSPS) is 13.2. The summed E-state index contributed by atoms with van der Waals surface area (Å²) in [6.07, 6.45) is 1.09. The van der Waals surface area contributed by atoms with Gasteiger partial charge in [0, 0.05) is 23.2 Å². The Morgan fingerprint density at radius 2 is 1.88 bits per heavy atom. The second-order valence-corrected chi connectivity index (χ2v) is 7.75. The number of hydrogen-bond acceptors (Lipinski definition) is 4. The average molecular weight is 426 g/mol. The molecule has 0 radical (unpaired) electrons. The first-order valence-corrected chi connectivity index (χ1v) is 10.5. The molecular weight excluding hydrogens is 404 g/mol. The molecule has 0 saturated carbocycles. The third-order valence-corrected chi connectivity index (χ3v) is 5.67. The van der Waals surface area contributed by atoms with Crippen LogP contribution in [0.5, 0.6) is 5.75 Å². The number of carbonyl (C=O) groups is 2. The third kappa shape index (κ3) is 3.71. The second-order valence-electron chi connectivity index (χ2n) is 7.75. The van der Waals surface area contributed by atoms with Crippen molar-refractivity contribution in [3.8, 4) is 5.75 Å². The van der Waals surface area contributed by atoms with Crippen molar-refractivity contribution in [2.75, 3.05) is 17.3 Å². The lowest BCUT2D eigenvalue weighted by molar-refractivity contribution is -0.119. The Morgan fingerprint density at radius 1 is 1.03 bits per heavy atom. The topological polar surface area (TPSA) is 71.8 Å². The van der Waals surface area contributed by atoms with Gasteiger partial charge in [-0.25, -0.2) is 0 Å². The lowest BCUT2D eigenvalue weighted by atomic mass is 9.99. The molecule has 0 unspecified atom stereocenters. The van der Waals surface area contributed by atoms with Gasteiger partial charge in [-0.2, -0.15) is 0 Å². The highest BCUT2D eigenvalue weighted by Crippen LogP contribution is 2.32. The molecule has 0 bridgehead atoms. The van der Waals surface area contributed by atoms with Crippen LogP contribution in [0.15, 0.2) is 77.2 Å². The van der Waals surface area contributed by atoms with E-state index in [2.05, 4.69) is 5.32 Å². The third-order valence-electron chi connectivity index (χ3n) is 5.67. The number of hydrogen-bond donors (Lipinski definition) is 1. The van der Waals surface area contributed by atoms with Gasteiger partial charge >= 0.3 is 0 Å². The maximum Gasteiger partial charge on any atom is 0.291 e. The van der Waals surface area contributed by atoms with E-state index in [1.165, 1.54) is 0 Å². The van der Waals surface area contributed by atoms with Crippen LogP contribution in [-0.2, 0) is 17.8 Å². The number of aryl methyl sites for hydroxylation is 1. The fourth-order valence-corrected chi connectivity index (χ4v) is 4.08. The van der Waals surface area contributed by atoms with Crippen LogP contribution >= 0.6 is 0 Å². The molecule has 32 heavy (non-hydrogen) atoms. The highest BCUT2D eigenvalue weighted by molar-refractivity contribution is 6.05. The molecule has 160 valence electrons. The predicted octanol–water partition coefficient (Wildman–Crippen LogP) is 5.17. The van der Waals surface area contributed by atoms with Crippen molar-refractivity contribution in [1.82, 2.24) is 0 Å². The maximum atomic E-state index is 12.8. The Balaban J connectivity index is 1.38. The minimum atomic E-state index is -0.337. The zero-order valence-electron chi connectivity index (χ0n) is 17.6. The number of fused-ring (bicyclic) bond motifs is 2. The van der Waals surface area contributed by atoms with Crippen LogP contribution in [0.2, 0.25) is 0 Å². The molecule has 2 amide bonds. The van der Waals surface area contributed by atoms with Crippen LogP contribution < -0.4 is 15.0 Å². The first-order valence-electron chi connectivity index (χ1n) is 10.5. The van der Waals surface area contributed by atoms with E-state index in [-0.39, 0.29) is 17.6 Å². The lowest BCUT2D eigenvalue weighted by Gasteiger charge is -2.30. The summed E-state index contributed by atoms with van der Waals surface area (Å²) in [6, 6.07) is 22.8. The van der Waals surface area contributed by atoms with E-state index in [1.807, 2.05) is 65.6 Å². The number of amides is 2. The highest BCUT2D eigenvalue weighted by atomic mass is 16.5. The van der Waals surface area contributed by atoms with Crippen LogP contribution in [0, 0.1) is 0 Å². The van der Waals surface area contributed by atoms with Crippen LogP contribution in [-0.4, -0.2) is 18.9 Å². The monoisotopic (exact) mass is 426 g/mol. The minimum absolute atomic E-state index is 0.106. The summed E-state index contributed by atoms with van der Waals surface area (Å²) < 4.78 is 11.0. The Hall–Kier alpha value is -4.06. The van der Waals surface area contributed by atoms with Crippen molar-refractivity contribution in [2.45, 2.75) is 19.4 Å². The number of rotatable bonds is 5. The summed E-state index contributed by atoms with van der Waals surface area (Å²) in [7, 11) is 1.57. The van der Waals surface area contributed by atoms with E-state index in [0.29, 0.717) is 36.4 Å². The Kier molecular flexibility index (Phi) is 5.11. The summed E-state index contributed by atoms with van der Waals surface area (Å²) in [6.45, 7) is 0.527. The number of carbonyl (C=O) groups excluding carboxylic acids is 2. The highest BCUT2D eigenvalue weighted by Gasteiger charge is 2.25. The van der Waals surface area contributed by atoms with Gasteiger partial charge in [-0.15, -0.1) is 0 Å². The standard InChI is InChI=1S/C26H22N2O4/c1-31-22-9-5-8-19-15-23(32-25(19)22)26(30)27-20-11-12-21-18(14-20)10-13-24(29)28(21)16-17-6-3-2-4-7-17/h2-9,11-12,14-15H,10,13,16H2,1H3,(H,27,30). The van der Waals surface area contributed by atoms with Gasteiger partial charge in [0.25, 0.3) is 5.91 Å². The van der Waals surface area contributed by atoms with Crippen LogP contribution in [0.25, 0.3) is 11.0 Å². The fraction of sp³-hybridized carbons (Fsp3) is 0.154. The first kappa shape index (κ1) is 19.9. The molecule has 1 aliphatic heterocycles. The molecule has 1 aromatic heterocycles. The summed E-state index contributed by atoms with van der Waals surface area (Å²) in [4.78, 5) is 27.2. The van der Waals surface area contributed by atoms with Crippen molar-refractivity contribution in [3.63, 3.8) is 0 Å². The van der Waals surface area contributed by atoms with Crippen LogP contribution in [0.4, 0.5) is 11.4 Å². The van der Waals surface area contributed by atoms with Crippen molar-refractivity contribution in [2.24, 2.45) is 0 Å². The molecule has 2 heterocycles. The van der Waals surface area contributed by atoms with E-state index in [0.717, 1.165) is 22.2 Å². The summed E-state index contributed by atoms with van der Waals surface area (Å²) >= 11 is 0. The maximum absolute atomic E-state index is 12.8. The Bertz CT molecular complexity index is 1310. The zero-order chi connectivity index (χ0) is 22.1. The SMILES string of the molecule is COc1cccc2cc(C(=O)Nc3ccc4c(c3)CCC(=O)N4Cc3ccccc3)oc12. The van der Waals surface area contributed by atoms with E-state index in [9.17, 15) is 9.59 Å². The van der Waals surface area contributed by atoms with Gasteiger partial charge in [0.1, 0.15) is 0 Å². The molecule has 6 heteroatoms. The van der Waals surface area contributed by atoms with Gasteiger partial charge in [0.2, 0.25) is 5.91 Å². The molecule has 0 saturated heterocycles. The molecule has 5 rings (SSSR count). The predicted molar refractivity (Wildman–Crippen MR) is 123 cm³/mol. The molecular formula is C26H22N2O4. The lowest BCUT2D eigenvalue weighted by Crippen LogP contribution is -2.34. The van der Waals surface area contributed by atoms with Gasteiger partial charge in [-0.3, -0.25) is 9.59 Å². The molecule has 3 aromatic carbocycles. The van der Waals surface area contributed by atoms with E-state index in [4.69, 9.17) is 9.15 Å². The molecule has 0 fully saturated rings. The number of anilines is 2. The largest absolute Gasteiger partial charge is 0.493 e. The molecule has 6 nitrogen and oxygen atoms in total. The average Bonchev–Trinajstić information content (AvgIpc) is 3.26. The zero-order valence-corrected chi connectivity index (χ0v) is 17.6. The van der Waals surface area contributed by atoms with Gasteiger partial charge in [-0.1, -0.05) is 42.5 Å². The number of nitrogens with zero attached hydrogens (tertiary/aromatic N) is 1. The first-order chi connectivity index (χ1) is 15.6.